The maximum absolute atomic E-state index is 12.9. The fraction of sp³-hybridized carbons (Fsp3) is 0.100. The van der Waals surface area contributed by atoms with Crippen molar-refractivity contribution in [3.05, 3.63) is 34.1 Å². The molecule has 1 aromatic heterocycles. The van der Waals surface area contributed by atoms with E-state index in [1.165, 1.54) is 12.1 Å². The van der Waals surface area contributed by atoms with E-state index in [-0.39, 0.29) is 11.6 Å². The summed E-state index contributed by atoms with van der Waals surface area (Å²) in [4.78, 5) is 0. The van der Waals surface area contributed by atoms with Crippen LogP contribution in [0.1, 0.15) is 5.56 Å². The highest BCUT2D eigenvalue weighted by molar-refractivity contribution is 9.10. The maximum Gasteiger partial charge on any atom is 0.183 e. The number of anilines is 1. The number of nitrogens with zero attached hydrogens (tertiary/aromatic N) is 1. The number of hydrogen-bond acceptors (Lipinski definition) is 3. The van der Waals surface area contributed by atoms with Crippen molar-refractivity contribution in [2.24, 2.45) is 0 Å². The number of rotatable bonds is 1. The van der Waals surface area contributed by atoms with Gasteiger partial charge in [-0.2, -0.15) is 0 Å². The molecule has 0 aliphatic heterocycles. The minimum Gasteiger partial charge on any atom is -0.380 e. The van der Waals surface area contributed by atoms with Gasteiger partial charge in [0.2, 0.25) is 0 Å². The molecule has 0 amide bonds. The standard InChI is InChI=1S/C10H8BrFN2O/c1-5-4-6(12)2-3-7(5)9-8(11)10(13)14-15-9/h2-4H,1H3,(H2,13,14). The van der Waals surface area contributed by atoms with Crippen LogP contribution in [-0.4, -0.2) is 5.16 Å². The molecule has 78 valence electrons. The Labute approximate surface area is 94.2 Å². The zero-order chi connectivity index (χ0) is 11.0. The molecular formula is C10H8BrFN2O. The second kappa shape index (κ2) is 3.66. The normalized spacial score (nSPS) is 10.6. The quantitative estimate of drug-likeness (QED) is 0.866. The van der Waals surface area contributed by atoms with E-state index in [1.807, 2.05) is 0 Å². The van der Waals surface area contributed by atoms with Gasteiger partial charge in [0.15, 0.2) is 11.6 Å². The van der Waals surface area contributed by atoms with E-state index in [2.05, 4.69) is 21.1 Å². The first kappa shape index (κ1) is 10.2. The Bertz CT molecular complexity index is 510. The first-order valence-electron chi connectivity index (χ1n) is 4.26. The van der Waals surface area contributed by atoms with Crippen LogP contribution in [0.5, 0.6) is 0 Å². The Balaban J connectivity index is 2.59. The molecule has 0 spiro atoms. The number of halogens is 2. The lowest BCUT2D eigenvalue weighted by Gasteiger charge is -2.01. The van der Waals surface area contributed by atoms with Crippen molar-refractivity contribution >= 4 is 21.7 Å². The van der Waals surface area contributed by atoms with Gasteiger partial charge < -0.3 is 10.3 Å². The minimum atomic E-state index is -0.278. The molecule has 2 aromatic rings. The monoisotopic (exact) mass is 270 g/mol. The Morgan fingerprint density at radius 3 is 2.73 bits per heavy atom. The zero-order valence-corrected chi connectivity index (χ0v) is 9.51. The van der Waals surface area contributed by atoms with Gasteiger partial charge in [0, 0.05) is 5.56 Å². The first-order chi connectivity index (χ1) is 7.09. The molecule has 0 bridgehead atoms. The molecule has 0 fully saturated rings. The fourth-order valence-electron chi connectivity index (χ4n) is 1.34. The smallest absolute Gasteiger partial charge is 0.183 e. The van der Waals surface area contributed by atoms with Crippen LogP contribution < -0.4 is 5.73 Å². The molecule has 1 aromatic carbocycles. The molecule has 0 saturated carbocycles. The highest BCUT2D eigenvalue weighted by Gasteiger charge is 2.15. The lowest BCUT2D eigenvalue weighted by atomic mass is 10.1. The average molecular weight is 271 g/mol. The number of hydrogen-bond donors (Lipinski definition) is 1. The van der Waals surface area contributed by atoms with Gasteiger partial charge in [-0.1, -0.05) is 5.16 Å². The van der Waals surface area contributed by atoms with Gasteiger partial charge in [-0.3, -0.25) is 0 Å². The van der Waals surface area contributed by atoms with Crippen molar-refractivity contribution in [2.75, 3.05) is 5.73 Å². The second-order valence-corrected chi connectivity index (χ2v) is 3.96. The van der Waals surface area contributed by atoms with Gasteiger partial charge >= 0.3 is 0 Å². The van der Waals surface area contributed by atoms with Gasteiger partial charge in [-0.25, -0.2) is 4.39 Å². The van der Waals surface area contributed by atoms with Crippen LogP contribution in [0.15, 0.2) is 27.2 Å². The van der Waals surface area contributed by atoms with Crippen molar-refractivity contribution in [1.82, 2.24) is 5.16 Å². The topological polar surface area (TPSA) is 52.0 Å². The van der Waals surface area contributed by atoms with Crippen molar-refractivity contribution in [1.29, 1.82) is 0 Å². The van der Waals surface area contributed by atoms with Gasteiger partial charge in [0.25, 0.3) is 0 Å². The minimum absolute atomic E-state index is 0.278. The van der Waals surface area contributed by atoms with Crippen LogP contribution in [0.2, 0.25) is 0 Å². The highest BCUT2D eigenvalue weighted by atomic mass is 79.9. The van der Waals surface area contributed by atoms with Crippen molar-refractivity contribution in [3.8, 4) is 11.3 Å². The van der Waals surface area contributed by atoms with E-state index >= 15 is 0 Å². The summed E-state index contributed by atoms with van der Waals surface area (Å²) in [6.07, 6.45) is 0. The first-order valence-corrected chi connectivity index (χ1v) is 5.06. The molecule has 5 heteroatoms. The molecule has 1 heterocycles. The predicted octanol–water partition coefficient (Wildman–Crippen LogP) is 3.13. The van der Waals surface area contributed by atoms with Crippen LogP contribution >= 0.6 is 15.9 Å². The van der Waals surface area contributed by atoms with Crippen LogP contribution in [0.25, 0.3) is 11.3 Å². The summed E-state index contributed by atoms with van der Waals surface area (Å²) in [6, 6.07) is 4.43. The molecule has 0 atom stereocenters. The Morgan fingerprint density at radius 1 is 1.47 bits per heavy atom. The summed E-state index contributed by atoms with van der Waals surface area (Å²) in [5, 5.41) is 3.62. The third kappa shape index (κ3) is 1.74. The lowest BCUT2D eigenvalue weighted by molar-refractivity contribution is 0.435. The van der Waals surface area contributed by atoms with Gasteiger partial charge in [0.1, 0.15) is 10.3 Å². The molecule has 3 nitrogen and oxygen atoms in total. The summed E-state index contributed by atoms with van der Waals surface area (Å²) >= 11 is 3.26. The van der Waals surface area contributed by atoms with E-state index < -0.39 is 0 Å². The van der Waals surface area contributed by atoms with Crippen molar-refractivity contribution < 1.29 is 8.91 Å². The predicted molar refractivity (Wildman–Crippen MR) is 58.7 cm³/mol. The van der Waals surface area contributed by atoms with Crippen molar-refractivity contribution in [3.63, 3.8) is 0 Å². The molecule has 2 rings (SSSR count). The summed E-state index contributed by atoms with van der Waals surface area (Å²) in [6.45, 7) is 1.80. The maximum atomic E-state index is 12.9. The average Bonchev–Trinajstić information content (AvgIpc) is 2.49. The van der Waals surface area contributed by atoms with Crippen LogP contribution in [0.3, 0.4) is 0 Å². The van der Waals surface area contributed by atoms with E-state index in [0.717, 1.165) is 11.1 Å². The van der Waals surface area contributed by atoms with E-state index in [9.17, 15) is 4.39 Å². The molecule has 0 aliphatic rings. The zero-order valence-electron chi connectivity index (χ0n) is 7.92. The molecule has 0 radical (unpaired) electrons. The SMILES string of the molecule is Cc1cc(F)ccc1-c1onc(N)c1Br. The molecule has 0 saturated heterocycles. The number of nitrogen functional groups attached to an aromatic ring is 1. The fourth-order valence-corrected chi connectivity index (χ4v) is 1.70. The van der Waals surface area contributed by atoms with E-state index in [0.29, 0.717) is 10.2 Å². The molecule has 15 heavy (non-hydrogen) atoms. The van der Waals surface area contributed by atoms with Gasteiger partial charge in [-0.15, -0.1) is 0 Å². The number of aryl methyl sites for hydroxylation is 1. The molecule has 0 aliphatic carbocycles. The van der Waals surface area contributed by atoms with E-state index in [1.54, 1.807) is 13.0 Å². The largest absolute Gasteiger partial charge is 0.380 e. The molecule has 0 unspecified atom stereocenters. The number of benzene rings is 1. The summed E-state index contributed by atoms with van der Waals surface area (Å²) < 4.78 is 18.5. The summed E-state index contributed by atoms with van der Waals surface area (Å²) in [5.74, 6) is 0.526. The second-order valence-electron chi connectivity index (χ2n) is 3.17. The summed E-state index contributed by atoms with van der Waals surface area (Å²) in [7, 11) is 0. The van der Waals surface area contributed by atoms with Crippen LogP contribution in [0.4, 0.5) is 10.2 Å². The Morgan fingerprint density at radius 2 is 2.20 bits per heavy atom. The summed E-state index contributed by atoms with van der Waals surface area (Å²) in [5.41, 5.74) is 7.07. The van der Waals surface area contributed by atoms with E-state index in [4.69, 9.17) is 10.3 Å². The van der Waals surface area contributed by atoms with Gasteiger partial charge in [0.05, 0.1) is 0 Å². The molecule has 2 N–H and O–H groups in total. The number of aromatic nitrogens is 1. The third-order valence-electron chi connectivity index (χ3n) is 2.09. The van der Waals surface area contributed by atoms with Crippen LogP contribution in [0, 0.1) is 12.7 Å². The lowest BCUT2D eigenvalue weighted by Crippen LogP contribution is -1.86. The Kier molecular flexibility index (Phi) is 2.48. The Hall–Kier alpha value is -1.36. The van der Waals surface area contributed by atoms with Gasteiger partial charge in [-0.05, 0) is 46.6 Å². The van der Waals surface area contributed by atoms with Crippen LogP contribution in [-0.2, 0) is 0 Å². The third-order valence-corrected chi connectivity index (χ3v) is 2.86. The molecular weight excluding hydrogens is 263 g/mol. The van der Waals surface area contributed by atoms with Crippen molar-refractivity contribution in [2.45, 2.75) is 6.92 Å². The highest BCUT2D eigenvalue weighted by Crippen LogP contribution is 2.34. The number of nitrogens with two attached hydrogens (primary N) is 1.